The Bertz CT molecular complexity index is 249. The van der Waals surface area contributed by atoms with Crippen LogP contribution >= 0.6 is 0 Å². The van der Waals surface area contributed by atoms with E-state index in [0.717, 1.165) is 12.8 Å². The zero-order chi connectivity index (χ0) is 10.8. The molecule has 1 rings (SSSR count). The van der Waals surface area contributed by atoms with Crippen LogP contribution in [-0.2, 0) is 15.6 Å². The van der Waals surface area contributed by atoms with Gasteiger partial charge in [0.25, 0.3) is 0 Å². The summed E-state index contributed by atoms with van der Waals surface area (Å²) in [7, 11) is -1.72. The lowest BCUT2D eigenvalue weighted by atomic mass is 10.4. The average Bonchev–Trinajstić information content (AvgIpc) is 2.54. The number of carboxylic acids is 1. The highest BCUT2D eigenvalue weighted by atomic mass is 32.2. The summed E-state index contributed by atoms with van der Waals surface area (Å²) in [4.78, 5) is 10.1. The fourth-order valence-corrected chi connectivity index (χ4v) is 3.09. The maximum atomic E-state index is 12.7. The second-order valence-corrected chi connectivity index (χ2v) is 5.16. The highest BCUT2D eigenvalue weighted by molar-refractivity contribution is 7.85. The molecule has 1 unspecified atom stereocenters. The van der Waals surface area contributed by atoms with Gasteiger partial charge < -0.3 is 5.11 Å². The molecule has 1 N–H and O–H groups in total. The van der Waals surface area contributed by atoms with Crippen molar-refractivity contribution >= 4 is 16.8 Å². The quantitative estimate of drug-likeness (QED) is 0.788. The molecule has 0 amide bonds. The van der Waals surface area contributed by atoms with E-state index in [2.05, 4.69) is 0 Å². The van der Waals surface area contributed by atoms with Crippen LogP contribution in [0.3, 0.4) is 0 Å². The van der Waals surface area contributed by atoms with Crippen LogP contribution in [0.1, 0.15) is 25.7 Å². The molecule has 6 heteroatoms. The van der Waals surface area contributed by atoms with Crippen LogP contribution < -0.4 is 0 Å². The Morgan fingerprint density at radius 1 is 1.43 bits per heavy atom. The number of alkyl halides is 2. The first-order valence-corrected chi connectivity index (χ1v) is 5.80. The van der Waals surface area contributed by atoms with Gasteiger partial charge in [-0.05, 0) is 12.8 Å². The first-order chi connectivity index (χ1) is 6.43. The van der Waals surface area contributed by atoms with Crippen molar-refractivity contribution in [2.24, 2.45) is 0 Å². The van der Waals surface area contributed by atoms with E-state index < -0.39 is 28.4 Å². The predicted octanol–water partition coefficient (Wildman–Crippen LogP) is 1.40. The van der Waals surface area contributed by atoms with Crippen molar-refractivity contribution < 1.29 is 22.9 Å². The summed E-state index contributed by atoms with van der Waals surface area (Å²) in [5, 5.41) is 7.91. The Morgan fingerprint density at radius 2 is 1.93 bits per heavy atom. The Kier molecular flexibility index (Phi) is 3.58. The first kappa shape index (κ1) is 11.6. The lowest BCUT2D eigenvalue weighted by Crippen LogP contribution is -2.36. The molecule has 1 aliphatic rings. The molecule has 1 fully saturated rings. The molecule has 0 bridgehead atoms. The fourth-order valence-electron chi connectivity index (χ4n) is 1.51. The van der Waals surface area contributed by atoms with Gasteiger partial charge in [0.15, 0.2) is 0 Å². The SMILES string of the molecule is O=C(O)C(F)(F)CS(=O)C1CCCC1. The zero-order valence-corrected chi connectivity index (χ0v) is 8.36. The van der Waals surface area contributed by atoms with Crippen LogP contribution in [0.25, 0.3) is 0 Å². The molecule has 1 aliphatic carbocycles. The van der Waals surface area contributed by atoms with E-state index >= 15 is 0 Å². The minimum atomic E-state index is -3.85. The standard InChI is InChI=1S/C8H12F2O3S/c9-8(10,7(11)12)5-14(13)6-3-1-2-4-6/h6H,1-5H2,(H,11,12). The Labute approximate surface area is 82.9 Å². The van der Waals surface area contributed by atoms with E-state index in [0.29, 0.717) is 12.8 Å². The monoisotopic (exact) mass is 226 g/mol. The number of hydrogen-bond donors (Lipinski definition) is 1. The maximum Gasteiger partial charge on any atom is 0.375 e. The number of hydrogen-bond acceptors (Lipinski definition) is 2. The molecule has 14 heavy (non-hydrogen) atoms. The van der Waals surface area contributed by atoms with Crippen molar-refractivity contribution in [1.29, 1.82) is 0 Å². The number of halogens is 2. The van der Waals surface area contributed by atoms with E-state index in [1.54, 1.807) is 0 Å². The third kappa shape index (κ3) is 2.73. The highest BCUT2D eigenvalue weighted by Crippen LogP contribution is 2.26. The van der Waals surface area contributed by atoms with Crippen LogP contribution in [0.2, 0.25) is 0 Å². The number of carboxylic acid groups (broad SMARTS) is 1. The molecule has 0 aromatic rings. The molecule has 0 aliphatic heterocycles. The van der Waals surface area contributed by atoms with Gasteiger partial charge in [-0.1, -0.05) is 12.8 Å². The summed E-state index contributed by atoms with van der Waals surface area (Å²) in [6.07, 6.45) is 3.13. The van der Waals surface area contributed by atoms with Crippen LogP contribution in [0.5, 0.6) is 0 Å². The van der Waals surface area contributed by atoms with Gasteiger partial charge in [0.05, 0.1) is 5.75 Å². The molecule has 0 radical (unpaired) electrons. The van der Waals surface area contributed by atoms with E-state index in [4.69, 9.17) is 5.11 Å². The summed E-state index contributed by atoms with van der Waals surface area (Å²) in [5.41, 5.74) is 0. The van der Waals surface area contributed by atoms with Gasteiger partial charge in [-0.15, -0.1) is 0 Å². The van der Waals surface area contributed by atoms with Gasteiger partial charge in [0.2, 0.25) is 0 Å². The largest absolute Gasteiger partial charge is 0.477 e. The second-order valence-electron chi connectivity index (χ2n) is 3.44. The molecule has 3 nitrogen and oxygen atoms in total. The number of carbonyl (C=O) groups is 1. The van der Waals surface area contributed by atoms with E-state index in [9.17, 15) is 17.8 Å². The Morgan fingerprint density at radius 3 is 2.36 bits per heavy atom. The van der Waals surface area contributed by atoms with Crippen LogP contribution in [0.15, 0.2) is 0 Å². The lowest BCUT2D eigenvalue weighted by Gasteiger charge is -2.13. The molecule has 1 saturated carbocycles. The average molecular weight is 226 g/mol. The minimum Gasteiger partial charge on any atom is -0.477 e. The molecule has 82 valence electrons. The Hall–Kier alpha value is -0.520. The summed E-state index contributed by atoms with van der Waals surface area (Å²) in [6, 6.07) is 0. The summed E-state index contributed by atoms with van der Waals surface area (Å²) in [6.45, 7) is 0. The van der Waals surface area contributed by atoms with Crippen LogP contribution in [-0.4, -0.2) is 32.2 Å². The summed E-state index contributed by atoms with van der Waals surface area (Å²) in [5.74, 6) is -7.09. The van der Waals surface area contributed by atoms with Crippen molar-refractivity contribution in [3.8, 4) is 0 Å². The maximum absolute atomic E-state index is 12.7. The third-order valence-electron chi connectivity index (χ3n) is 2.31. The molecule has 0 aromatic carbocycles. The van der Waals surface area contributed by atoms with Crippen molar-refractivity contribution in [3.05, 3.63) is 0 Å². The van der Waals surface area contributed by atoms with Crippen molar-refractivity contribution in [2.75, 3.05) is 5.75 Å². The van der Waals surface area contributed by atoms with Crippen LogP contribution in [0, 0.1) is 0 Å². The minimum absolute atomic E-state index is 0.236. The smallest absolute Gasteiger partial charge is 0.375 e. The summed E-state index contributed by atoms with van der Waals surface area (Å²) >= 11 is 0. The van der Waals surface area contributed by atoms with Crippen LogP contribution in [0.4, 0.5) is 8.78 Å². The number of rotatable bonds is 4. The molecular weight excluding hydrogens is 214 g/mol. The van der Waals surface area contributed by atoms with Gasteiger partial charge in [-0.25, -0.2) is 4.79 Å². The van der Waals surface area contributed by atoms with E-state index in [1.165, 1.54) is 0 Å². The second kappa shape index (κ2) is 4.33. The molecule has 1 atom stereocenters. The molecule has 0 spiro atoms. The normalized spacial score (nSPS) is 21.0. The van der Waals surface area contributed by atoms with E-state index in [-0.39, 0.29) is 5.25 Å². The van der Waals surface area contributed by atoms with Gasteiger partial charge in [-0.2, -0.15) is 8.78 Å². The van der Waals surface area contributed by atoms with Crippen molar-refractivity contribution in [3.63, 3.8) is 0 Å². The highest BCUT2D eigenvalue weighted by Gasteiger charge is 2.42. The topological polar surface area (TPSA) is 54.4 Å². The molecule has 0 aromatic heterocycles. The third-order valence-corrected chi connectivity index (χ3v) is 4.17. The number of aliphatic carboxylic acids is 1. The molecule has 0 saturated heterocycles. The first-order valence-electron chi connectivity index (χ1n) is 4.42. The zero-order valence-electron chi connectivity index (χ0n) is 7.54. The predicted molar refractivity (Wildman–Crippen MR) is 47.8 cm³/mol. The van der Waals surface area contributed by atoms with Crippen molar-refractivity contribution in [2.45, 2.75) is 36.9 Å². The molecular formula is C8H12F2O3S. The van der Waals surface area contributed by atoms with Gasteiger partial charge in [0.1, 0.15) is 0 Å². The lowest BCUT2D eigenvalue weighted by molar-refractivity contribution is -0.161. The Balaban J connectivity index is 2.51. The van der Waals surface area contributed by atoms with E-state index in [1.807, 2.05) is 0 Å². The van der Waals surface area contributed by atoms with Gasteiger partial charge in [-0.3, -0.25) is 4.21 Å². The fraction of sp³-hybridized carbons (Fsp3) is 0.875. The van der Waals surface area contributed by atoms with Gasteiger partial charge in [0, 0.05) is 16.0 Å². The van der Waals surface area contributed by atoms with Crippen molar-refractivity contribution in [1.82, 2.24) is 0 Å². The summed E-state index contributed by atoms with van der Waals surface area (Å²) < 4.78 is 36.6. The molecule has 0 heterocycles. The van der Waals surface area contributed by atoms with Gasteiger partial charge >= 0.3 is 11.9 Å².